The maximum atomic E-state index is 9.99. The molecule has 0 aliphatic rings. The molecule has 0 saturated carbocycles. The number of carbonyl (C=O) groups is 1. The van der Waals surface area contributed by atoms with E-state index in [0.717, 1.165) is 6.08 Å². The van der Waals surface area contributed by atoms with Crippen molar-refractivity contribution in [2.24, 2.45) is 0 Å². The fourth-order valence-electron chi connectivity index (χ4n) is 0.101. The Balaban J connectivity index is 3.36. The summed E-state index contributed by atoms with van der Waals surface area (Å²) in [5.74, 6) is -0.409. The SMILES string of the molecule is C=CC(=O)N[PH+]=O. The summed E-state index contributed by atoms with van der Waals surface area (Å²) in [6.07, 6.45) is 1.06. The summed E-state index contributed by atoms with van der Waals surface area (Å²) >= 11 is 0. The van der Waals surface area contributed by atoms with Crippen LogP contribution < -0.4 is 5.09 Å². The average molecular weight is 118 g/mol. The highest BCUT2D eigenvalue weighted by Crippen LogP contribution is 1.78. The highest BCUT2D eigenvalue weighted by molar-refractivity contribution is 7.22. The Morgan fingerprint density at radius 2 is 2.43 bits per heavy atom. The van der Waals surface area contributed by atoms with Gasteiger partial charge in [-0.15, -0.1) is 5.09 Å². The minimum atomic E-state index is -0.776. The van der Waals surface area contributed by atoms with Gasteiger partial charge in [-0.05, 0) is 10.6 Å². The molecular weight excluding hydrogens is 113 g/mol. The van der Waals surface area contributed by atoms with Crippen molar-refractivity contribution < 1.29 is 9.36 Å². The molecule has 0 saturated heterocycles. The Labute approximate surface area is 42.7 Å². The number of hydrogen-bond donors (Lipinski definition) is 1. The molecule has 0 radical (unpaired) electrons. The predicted octanol–water partition coefficient (Wildman–Crippen LogP) is 0.228. The highest BCUT2D eigenvalue weighted by Gasteiger charge is 1.92. The summed E-state index contributed by atoms with van der Waals surface area (Å²) in [5.41, 5.74) is 0. The molecule has 0 aliphatic carbocycles. The van der Waals surface area contributed by atoms with Gasteiger partial charge in [0.25, 0.3) is 5.91 Å². The third-order valence-corrected chi connectivity index (χ3v) is 0.708. The van der Waals surface area contributed by atoms with Gasteiger partial charge in [-0.3, -0.25) is 4.79 Å². The molecule has 3 nitrogen and oxygen atoms in total. The number of carbonyl (C=O) groups excluding carboxylic acids is 1. The van der Waals surface area contributed by atoms with Crippen LogP contribution in [0.5, 0.6) is 0 Å². The highest BCUT2D eigenvalue weighted by atomic mass is 31.1. The molecule has 0 aromatic rings. The monoisotopic (exact) mass is 118 g/mol. The van der Waals surface area contributed by atoms with Crippen molar-refractivity contribution in [2.75, 3.05) is 0 Å². The second-order valence-electron chi connectivity index (χ2n) is 0.795. The van der Waals surface area contributed by atoms with Crippen LogP contribution in [0.2, 0.25) is 0 Å². The van der Waals surface area contributed by atoms with Gasteiger partial charge in [0.15, 0.2) is 0 Å². The molecule has 0 bridgehead atoms. The van der Waals surface area contributed by atoms with Crippen molar-refractivity contribution in [2.45, 2.75) is 0 Å². The Morgan fingerprint density at radius 1 is 1.86 bits per heavy atom. The summed E-state index contributed by atoms with van der Waals surface area (Å²) < 4.78 is 9.55. The second kappa shape index (κ2) is 3.50. The quantitative estimate of drug-likeness (QED) is 0.416. The Morgan fingerprint density at radius 3 is 2.57 bits per heavy atom. The van der Waals surface area contributed by atoms with Crippen LogP contribution in [0, 0.1) is 0 Å². The van der Waals surface area contributed by atoms with E-state index in [1.807, 2.05) is 5.09 Å². The zero-order chi connectivity index (χ0) is 5.70. The molecular formula is C3H5NO2P+. The average Bonchev–Trinajstić information content (AvgIpc) is 1.68. The van der Waals surface area contributed by atoms with Gasteiger partial charge >= 0.3 is 8.61 Å². The third kappa shape index (κ3) is 3.13. The van der Waals surface area contributed by atoms with E-state index in [0.29, 0.717) is 0 Å². The Hall–Kier alpha value is -0.690. The zero-order valence-corrected chi connectivity index (χ0v) is 4.60. The Bertz CT molecular complexity index is 101. The van der Waals surface area contributed by atoms with Crippen LogP contribution in [-0.4, -0.2) is 5.91 Å². The van der Waals surface area contributed by atoms with Crippen molar-refractivity contribution in [3.63, 3.8) is 0 Å². The van der Waals surface area contributed by atoms with Crippen LogP contribution in [0.1, 0.15) is 0 Å². The molecule has 1 unspecified atom stereocenters. The van der Waals surface area contributed by atoms with E-state index in [2.05, 4.69) is 6.58 Å². The largest absolute Gasteiger partial charge is 0.448 e. The van der Waals surface area contributed by atoms with Crippen molar-refractivity contribution in [3.05, 3.63) is 12.7 Å². The number of rotatable bonds is 2. The maximum absolute atomic E-state index is 9.99. The predicted molar refractivity (Wildman–Crippen MR) is 27.3 cm³/mol. The topological polar surface area (TPSA) is 46.2 Å². The first-order valence-electron chi connectivity index (χ1n) is 1.61. The second-order valence-corrected chi connectivity index (χ2v) is 1.25. The molecule has 0 aromatic heterocycles. The Kier molecular flexibility index (Phi) is 3.15. The number of amides is 1. The summed E-state index contributed by atoms with van der Waals surface area (Å²) in [6, 6.07) is 0. The van der Waals surface area contributed by atoms with Crippen molar-refractivity contribution in [3.8, 4) is 0 Å². The van der Waals surface area contributed by atoms with Gasteiger partial charge in [0.05, 0.1) is 0 Å². The standard InChI is InChI=1S/C3H4NO2P/c1-2-3(5)4-7-6/h2H,1H2,(H,4,5,6)/p+1. The van der Waals surface area contributed by atoms with Crippen LogP contribution in [0.15, 0.2) is 12.7 Å². The first kappa shape index (κ1) is 6.31. The van der Waals surface area contributed by atoms with Gasteiger partial charge in [-0.2, -0.15) is 0 Å². The summed E-state index contributed by atoms with van der Waals surface area (Å²) in [7, 11) is -0.776. The molecule has 0 rings (SSSR count). The van der Waals surface area contributed by atoms with E-state index in [1.54, 1.807) is 0 Å². The van der Waals surface area contributed by atoms with E-state index in [1.165, 1.54) is 0 Å². The van der Waals surface area contributed by atoms with Crippen LogP contribution in [0.25, 0.3) is 0 Å². The maximum Gasteiger partial charge on any atom is 0.448 e. The van der Waals surface area contributed by atoms with Crippen molar-refractivity contribution in [1.82, 2.24) is 5.09 Å². The summed E-state index contributed by atoms with van der Waals surface area (Å²) in [5, 5.41) is 2.01. The van der Waals surface area contributed by atoms with Crippen LogP contribution in [-0.2, 0) is 9.36 Å². The molecule has 0 heterocycles. The fraction of sp³-hybridized carbons (Fsp3) is 0. The zero-order valence-electron chi connectivity index (χ0n) is 3.60. The molecule has 0 fully saturated rings. The molecule has 4 heteroatoms. The van der Waals surface area contributed by atoms with E-state index in [-0.39, 0.29) is 0 Å². The molecule has 1 atom stereocenters. The lowest BCUT2D eigenvalue weighted by Gasteiger charge is -1.72. The van der Waals surface area contributed by atoms with Crippen LogP contribution in [0.3, 0.4) is 0 Å². The van der Waals surface area contributed by atoms with E-state index in [4.69, 9.17) is 0 Å². The molecule has 0 aromatic carbocycles. The molecule has 0 aliphatic heterocycles. The molecule has 7 heavy (non-hydrogen) atoms. The minimum absolute atomic E-state index is 0.409. The minimum Gasteiger partial charge on any atom is -0.266 e. The fourth-order valence-corrected chi connectivity index (χ4v) is 0.304. The third-order valence-electron chi connectivity index (χ3n) is 0.360. The van der Waals surface area contributed by atoms with Crippen LogP contribution >= 0.6 is 8.61 Å². The lowest BCUT2D eigenvalue weighted by atomic mass is 10.6. The van der Waals surface area contributed by atoms with Gasteiger partial charge in [-0.25, -0.2) is 0 Å². The summed E-state index contributed by atoms with van der Waals surface area (Å²) in [4.78, 5) is 9.99. The lowest BCUT2D eigenvalue weighted by molar-refractivity contribution is -0.114. The van der Waals surface area contributed by atoms with Gasteiger partial charge in [-0.1, -0.05) is 6.58 Å². The molecule has 1 amide bonds. The van der Waals surface area contributed by atoms with Gasteiger partial charge in [0.2, 0.25) is 0 Å². The molecule has 1 N–H and O–H groups in total. The molecule has 0 spiro atoms. The smallest absolute Gasteiger partial charge is 0.266 e. The lowest BCUT2D eigenvalue weighted by Crippen LogP contribution is -2.06. The van der Waals surface area contributed by atoms with E-state index < -0.39 is 14.5 Å². The van der Waals surface area contributed by atoms with Gasteiger partial charge in [0, 0.05) is 0 Å². The van der Waals surface area contributed by atoms with Crippen molar-refractivity contribution in [1.29, 1.82) is 0 Å². The summed E-state index contributed by atoms with van der Waals surface area (Å²) in [6.45, 7) is 3.13. The molecule has 38 valence electrons. The van der Waals surface area contributed by atoms with Gasteiger partial charge < -0.3 is 0 Å². The first-order chi connectivity index (χ1) is 3.31. The van der Waals surface area contributed by atoms with E-state index in [9.17, 15) is 9.36 Å². The van der Waals surface area contributed by atoms with Crippen molar-refractivity contribution >= 4 is 14.5 Å². The number of nitrogens with one attached hydrogen (secondary N) is 1. The van der Waals surface area contributed by atoms with E-state index >= 15 is 0 Å². The van der Waals surface area contributed by atoms with Gasteiger partial charge in [0.1, 0.15) is 0 Å². The normalized spacial score (nSPS) is 8.00. The number of hydrogen-bond acceptors (Lipinski definition) is 2. The van der Waals surface area contributed by atoms with Crippen LogP contribution in [0.4, 0.5) is 0 Å². The first-order valence-corrected chi connectivity index (χ1v) is 2.51.